The van der Waals surface area contributed by atoms with Crippen molar-refractivity contribution >= 4 is 5.97 Å². The molecule has 0 aliphatic heterocycles. The van der Waals surface area contributed by atoms with Crippen LogP contribution >= 0.6 is 0 Å². The van der Waals surface area contributed by atoms with Crippen LogP contribution in [0.4, 0.5) is 0 Å². The highest BCUT2D eigenvalue weighted by atomic mass is 16.5. The Morgan fingerprint density at radius 2 is 0.574 bits per heavy atom. The van der Waals surface area contributed by atoms with Crippen LogP contribution in [0.1, 0.15) is 265 Å². The summed E-state index contributed by atoms with van der Waals surface area (Å²) in [5.74, 6) is 1.20. The fourth-order valence-electron chi connectivity index (χ4n) is 7.43. The van der Waals surface area contributed by atoms with Crippen molar-refractivity contribution in [1.82, 2.24) is 0 Å². The van der Waals surface area contributed by atoms with Crippen LogP contribution in [0, 0.1) is 11.8 Å². The molecule has 0 spiro atoms. The molecule has 2 nitrogen and oxygen atoms in total. The number of unbranched alkanes of at least 4 members (excludes halogenated alkanes) is 28. The van der Waals surface area contributed by atoms with Crippen LogP contribution in [0.15, 0.2) is 0 Å². The minimum Gasteiger partial charge on any atom is -0.465 e. The van der Waals surface area contributed by atoms with E-state index in [9.17, 15) is 4.79 Å². The Labute approximate surface area is 298 Å². The molecule has 0 aromatic carbocycles. The normalized spacial score (nSPS) is 12.9. The van der Waals surface area contributed by atoms with E-state index in [1.54, 1.807) is 0 Å². The van der Waals surface area contributed by atoms with Gasteiger partial charge in [-0.3, -0.25) is 4.79 Å². The Bertz CT molecular complexity index is 587. The van der Waals surface area contributed by atoms with E-state index >= 15 is 0 Å². The van der Waals surface area contributed by atoms with Gasteiger partial charge >= 0.3 is 5.97 Å². The van der Waals surface area contributed by atoms with Crippen LogP contribution in [0.2, 0.25) is 0 Å². The Hall–Kier alpha value is -0.530. The minimum atomic E-state index is 0.102. The molecular weight excluding hydrogens is 572 g/mol. The molecule has 0 saturated carbocycles. The lowest BCUT2D eigenvalue weighted by Crippen LogP contribution is -2.17. The van der Waals surface area contributed by atoms with Crippen LogP contribution in [0.5, 0.6) is 0 Å². The number of carbonyl (C=O) groups excluding carboxylic acids is 1. The highest BCUT2D eigenvalue weighted by Crippen LogP contribution is 2.25. The molecule has 282 valence electrons. The molecule has 0 radical (unpaired) electrons. The molecule has 0 aliphatic rings. The maximum Gasteiger partial charge on any atom is 0.306 e. The largest absolute Gasteiger partial charge is 0.465 e. The fraction of sp³-hybridized carbons (Fsp3) is 0.978. The van der Waals surface area contributed by atoms with Gasteiger partial charge in [0.15, 0.2) is 0 Å². The lowest BCUT2D eigenvalue weighted by Gasteiger charge is -2.20. The van der Waals surface area contributed by atoms with E-state index in [0.29, 0.717) is 24.9 Å². The molecule has 0 heterocycles. The number of hydrogen-bond donors (Lipinski definition) is 0. The monoisotopic (exact) mass is 663 g/mol. The van der Waals surface area contributed by atoms with Gasteiger partial charge in [-0.05, 0) is 37.5 Å². The summed E-state index contributed by atoms with van der Waals surface area (Å²) in [7, 11) is 0. The molecule has 2 atom stereocenters. The topological polar surface area (TPSA) is 26.3 Å². The van der Waals surface area contributed by atoms with Crippen molar-refractivity contribution < 1.29 is 9.53 Å². The smallest absolute Gasteiger partial charge is 0.306 e. The van der Waals surface area contributed by atoms with E-state index in [-0.39, 0.29) is 5.97 Å². The van der Waals surface area contributed by atoms with Gasteiger partial charge in [0.2, 0.25) is 0 Å². The first kappa shape index (κ1) is 46.5. The summed E-state index contributed by atoms with van der Waals surface area (Å²) in [6.45, 7) is 9.87. The molecule has 0 saturated heterocycles. The average molecular weight is 663 g/mol. The van der Waals surface area contributed by atoms with Gasteiger partial charge in [-0.15, -0.1) is 0 Å². The first-order chi connectivity index (χ1) is 23.2. The molecule has 0 rings (SSSR count). The summed E-state index contributed by atoms with van der Waals surface area (Å²) in [6, 6.07) is 0. The molecule has 0 aromatic rings. The van der Waals surface area contributed by atoms with E-state index < -0.39 is 0 Å². The van der Waals surface area contributed by atoms with Crippen molar-refractivity contribution in [3.8, 4) is 0 Å². The van der Waals surface area contributed by atoms with Crippen molar-refractivity contribution in [1.29, 1.82) is 0 Å². The van der Waals surface area contributed by atoms with Crippen LogP contribution in [0.25, 0.3) is 0 Å². The molecule has 0 N–H and O–H groups in total. The van der Waals surface area contributed by atoms with Gasteiger partial charge in [0, 0.05) is 6.42 Å². The zero-order valence-electron chi connectivity index (χ0n) is 33.3. The Morgan fingerprint density at radius 3 is 0.851 bits per heavy atom. The van der Waals surface area contributed by atoms with Gasteiger partial charge in [-0.1, -0.05) is 233 Å². The van der Waals surface area contributed by atoms with Gasteiger partial charge < -0.3 is 4.74 Å². The standard InChI is InChI=1S/C45H90O2/c1-5-9-13-17-21-24-25-28-31-34-38-43(37-33-30-26-22-18-14-10-6-2)41-45(46)47-42-44(39-35-29-20-16-12-8-4)40-36-32-27-23-19-15-11-7-3/h43-44H,5-42H2,1-4H3. The van der Waals surface area contributed by atoms with Crippen LogP contribution in [-0.4, -0.2) is 12.6 Å². The predicted octanol–water partition coefficient (Wildman–Crippen LogP) is 16.3. The third-order valence-electron chi connectivity index (χ3n) is 10.8. The van der Waals surface area contributed by atoms with E-state index in [0.717, 1.165) is 0 Å². The van der Waals surface area contributed by atoms with Crippen molar-refractivity contribution in [2.24, 2.45) is 11.8 Å². The summed E-state index contributed by atoms with van der Waals surface area (Å²) in [5.41, 5.74) is 0. The second kappa shape index (κ2) is 39.9. The molecule has 0 fully saturated rings. The second-order valence-electron chi connectivity index (χ2n) is 15.7. The maximum absolute atomic E-state index is 13.2. The molecule has 2 heteroatoms. The summed E-state index contributed by atoms with van der Waals surface area (Å²) >= 11 is 0. The molecule has 0 amide bonds. The van der Waals surface area contributed by atoms with E-state index in [2.05, 4.69) is 27.7 Å². The van der Waals surface area contributed by atoms with E-state index in [1.165, 1.54) is 231 Å². The van der Waals surface area contributed by atoms with Gasteiger partial charge in [0.05, 0.1) is 6.61 Å². The van der Waals surface area contributed by atoms with Crippen molar-refractivity contribution in [2.45, 2.75) is 265 Å². The number of hydrogen-bond acceptors (Lipinski definition) is 2. The lowest BCUT2D eigenvalue weighted by atomic mass is 9.91. The van der Waals surface area contributed by atoms with E-state index in [1.807, 2.05) is 0 Å². The highest BCUT2D eigenvalue weighted by molar-refractivity contribution is 5.69. The van der Waals surface area contributed by atoms with Gasteiger partial charge in [-0.2, -0.15) is 0 Å². The zero-order chi connectivity index (χ0) is 34.3. The van der Waals surface area contributed by atoms with E-state index in [4.69, 9.17) is 4.74 Å². The summed E-state index contributed by atoms with van der Waals surface area (Å²) in [6.07, 6.45) is 49.5. The molecule has 0 aromatic heterocycles. The summed E-state index contributed by atoms with van der Waals surface area (Å²) in [4.78, 5) is 13.2. The van der Waals surface area contributed by atoms with Crippen molar-refractivity contribution in [3.05, 3.63) is 0 Å². The molecule has 0 bridgehead atoms. The summed E-state index contributed by atoms with van der Waals surface area (Å²) < 4.78 is 6.10. The van der Waals surface area contributed by atoms with Crippen LogP contribution < -0.4 is 0 Å². The third-order valence-corrected chi connectivity index (χ3v) is 10.8. The van der Waals surface area contributed by atoms with Gasteiger partial charge in [0.25, 0.3) is 0 Å². The zero-order valence-corrected chi connectivity index (χ0v) is 33.3. The average Bonchev–Trinajstić information content (AvgIpc) is 3.07. The molecular formula is C45H90O2. The quantitative estimate of drug-likeness (QED) is 0.0482. The second-order valence-corrected chi connectivity index (χ2v) is 15.7. The Morgan fingerprint density at radius 1 is 0.340 bits per heavy atom. The third kappa shape index (κ3) is 36.6. The molecule has 47 heavy (non-hydrogen) atoms. The van der Waals surface area contributed by atoms with Crippen LogP contribution in [0.3, 0.4) is 0 Å². The fourth-order valence-corrected chi connectivity index (χ4v) is 7.43. The Kier molecular flexibility index (Phi) is 39.5. The van der Waals surface area contributed by atoms with Crippen molar-refractivity contribution in [2.75, 3.05) is 6.61 Å². The number of esters is 1. The first-order valence-electron chi connectivity index (χ1n) is 22.3. The molecule has 2 unspecified atom stereocenters. The minimum absolute atomic E-state index is 0.102. The Balaban J connectivity index is 4.63. The van der Waals surface area contributed by atoms with Crippen molar-refractivity contribution in [3.63, 3.8) is 0 Å². The maximum atomic E-state index is 13.2. The SMILES string of the molecule is CCCCCCCCCCCCC(CCCCCCCCCC)CC(=O)OCC(CCCCCCCC)CCCCCCCCCC. The number of rotatable bonds is 40. The van der Waals surface area contributed by atoms with Gasteiger partial charge in [0.1, 0.15) is 0 Å². The molecule has 0 aliphatic carbocycles. The number of ether oxygens (including phenoxy) is 1. The predicted molar refractivity (Wildman–Crippen MR) is 211 cm³/mol. The highest BCUT2D eigenvalue weighted by Gasteiger charge is 2.17. The summed E-state index contributed by atoms with van der Waals surface area (Å²) in [5, 5.41) is 0. The first-order valence-corrected chi connectivity index (χ1v) is 22.3. The lowest BCUT2D eigenvalue weighted by molar-refractivity contribution is -0.146. The number of carbonyl (C=O) groups is 1. The van der Waals surface area contributed by atoms with Crippen LogP contribution in [-0.2, 0) is 9.53 Å². The van der Waals surface area contributed by atoms with Gasteiger partial charge in [-0.25, -0.2) is 0 Å².